The first-order valence-electron chi connectivity index (χ1n) is 3.90. The van der Waals surface area contributed by atoms with Crippen molar-refractivity contribution in [2.75, 3.05) is 0 Å². The SMILES string of the molecule is [SiH3]c1ccnc(C2CC2)c1Cl. The molecule has 0 saturated heterocycles. The van der Waals surface area contributed by atoms with Crippen molar-refractivity contribution in [3.8, 4) is 0 Å². The maximum Gasteiger partial charge on any atom is 0.0618 e. The molecule has 1 aromatic rings. The van der Waals surface area contributed by atoms with Gasteiger partial charge in [0.2, 0.25) is 0 Å². The van der Waals surface area contributed by atoms with Crippen LogP contribution in [0.4, 0.5) is 0 Å². The summed E-state index contributed by atoms with van der Waals surface area (Å²) in [6.07, 6.45) is 4.43. The summed E-state index contributed by atoms with van der Waals surface area (Å²) in [7, 11) is 1.03. The molecule has 0 bridgehead atoms. The summed E-state index contributed by atoms with van der Waals surface area (Å²) in [6.45, 7) is 0. The van der Waals surface area contributed by atoms with Gasteiger partial charge in [-0.2, -0.15) is 0 Å². The lowest BCUT2D eigenvalue weighted by atomic mass is 10.2. The van der Waals surface area contributed by atoms with Crippen LogP contribution in [0.3, 0.4) is 0 Å². The van der Waals surface area contributed by atoms with E-state index in [1.807, 2.05) is 12.3 Å². The van der Waals surface area contributed by atoms with E-state index < -0.39 is 0 Å². The molecule has 1 nitrogen and oxygen atoms in total. The molecule has 0 atom stereocenters. The van der Waals surface area contributed by atoms with Crippen LogP contribution < -0.4 is 5.19 Å². The standard InChI is InChI=1S/C8H10ClNSi/c9-7-6(11)3-4-10-8(7)5-1-2-5/h3-5H,1-2H2,11H3. The zero-order chi connectivity index (χ0) is 7.84. The molecular formula is C8H10ClNSi. The van der Waals surface area contributed by atoms with Gasteiger partial charge in [0.05, 0.1) is 10.7 Å². The highest BCUT2D eigenvalue weighted by Gasteiger charge is 2.27. The average molecular weight is 184 g/mol. The van der Waals surface area contributed by atoms with Crippen molar-refractivity contribution in [2.45, 2.75) is 18.8 Å². The Kier molecular flexibility index (Phi) is 1.73. The van der Waals surface area contributed by atoms with Crippen LogP contribution in [0, 0.1) is 0 Å². The lowest BCUT2D eigenvalue weighted by Gasteiger charge is -2.02. The number of hydrogen-bond acceptors (Lipinski definition) is 1. The van der Waals surface area contributed by atoms with Gasteiger partial charge in [-0.25, -0.2) is 0 Å². The molecule has 2 rings (SSSR count). The van der Waals surface area contributed by atoms with Crippen LogP contribution in [-0.4, -0.2) is 15.2 Å². The molecule has 0 aromatic carbocycles. The van der Waals surface area contributed by atoms with Gasteiger partial charge in [0, 0.05) is 22.4 Å². The van der Waals surface area contributed by atoms with Crippen molar-refractivity contribution in [1.82, 2.24) is 4.98 Å². The van der Waals surface area contributed by atoms with Crippen molar-refractivity contribution in [3.63, 3.8) is 0 Å². The fourth-order valence-electron chi connectivity index (χ4n) is 1.20. The quantitative estimate of drug-likeness (QED) is 0.582. The Morgan fingerprint density at radius 3 is 2.91 bits per heavy atom. The predicted octanol–water partition coefficient (Wildman–Crippen LogP) is 0.603. The van der Waals surface area contributed by atoms with Crippen LogP contribution in [-0.2, 0) is 0 Å². The third kappa shape index (κ3) is 1.33. The molecule has 1 aliphatic carbocycles. The van der Waals surface area contributed by atoms with Gasteiger partial charge in [-0.3, -0.25) is 4.98 Å². The zero-order valence-corrected chi connectivity index (χ0v) is 9.23. The van der Waals surface area contributed by atoms with E-state index in [1.165, 1.54) is 18.0 Å². The molecule has 1 aromatic heterocycles. The Morgan fingerprint density at radius 1 is 1.55 bits per heavy atom. The van der Waals surface area contributed by atoms with Crippen LogP contribution in [0.25, 0.3) is 0 Å². The number of rotatable bonds is 1. The Hall–Kier alpha value is -0.343. The molecule has 0 aliphatic heterocycles. The maximum atomic E-state index is 6.10. The van der Waals surface area contributed by atoms with Gasteiger partial charge < -0.3 is 0 Å². The van der Waals surface area contributed by atoms with Crippen LogP contribution in [0.1, 0.15) is 24.5 Å². The van der Waals surface area contributed by atoms with Crippen LogP contribution in [0.2, 0.25) is 5.02 Å². The fraction of sp³-hybridized carbons (Fsp3) is 0.375. The van der Waals surface area contributed by atoms with Crippen molar-refractivity contribution in [1.29, 1.82) is 0 Å². The van der Waals surface area contributed by atoms with E-state index in [1.54, 1.807) is 0 Å². The van der Waals surface area contributed by atoms with Gasteiger partial charge in [-0.1, -0.05) is 11.6 Å². The second kappa shape index (κ2) is 2.61. The number of halogens is 1. The second-order valence-corrected chi connectivity index (χ2v) is 4.56. The second-order valence-electron chi connectivity index (χ2n) is 3.10. The minimum atomic E-state index is 0.677. The van der Waals surface area contributed by atoms with E-state index in [0.29, 0.717) is 5.92 Å². The van der Waals surface area contributed by atoms with E-state index in [4.69, 9.17) is 11.6 Å². The number of nitrogens with zero attached hydrogens (tertiary/aromatic N) is 1. The van der Waals surface area contributed by atoms with Crippen molar-refractivity contribution in [3.05, 3.63) is 23.0 Å². The minimum absolute atomic E-state index is 0.677. The van der Waals surface area contributed by atoms with Gasteiger partial charge in [0.1, 0.15) is 0 Å². The van der Waals surface area contributed by atoms with Gasteiger partial charge >= 0.3 is 0 Å². The van der Waals surface area contributed by atoms with Crippen molar-refractivity contribution in [2.24, 2.45) is 0 Å². The summed E-state index contributed by atoms with van der Waals surface area (Å²) in [6, 6.07) is 2.01. The summed E-state index contributed by atoms with van der Waals surface area (Å²) >= 11 is 6.10. The molecule has 3 heteroatoms. The molecule has 0 unspecified atom stereocenters. The lowest BCUT2D eigenvalue weighted by molar-refractivity contribution is 1.03. The van der Waals surface area contributed by atoms with Crippen LogP contribution in [0.5, 0.6) is 0 Å². The van der Waals surface area contributed by atoms with Crippen LogP contribution in [0.15, 0.2) is 12.3 Å². The first-order chi connectivity index (χ1) is 5.29. The highest BCUT2D eigenvalue weighted by molar-refractivity contribution is 6.45. The molecule has 0 spiro atoms. The van der Waals surface area contributed by atoms with Gasteiger partial charge in [-0.15, -0.1) is 0 Å². The molecule has 1 heterocycles. The van der Waals surface area contributed by atoms with E-state index in [2.05, 4.69) is 4.98 Å². The summed E-state index contributed by atoms with van der Waals surface area (Å²) in [4.78, 5) is 4.29. The normalized spacial score (nSPS) is 17.2. The maximum absolute atomic E-state index is 6.10. The van der Waals surface area contributed by atoms with Gasteiger partial charge in [0.25, 0.3) is 0 Å². The van der Waals surface area contributed by atoms with E-state index in [0.717, 1.165) is 21.0 Å². The van der Waals surface area contributed by atoms with E-state index >= 15 is 0 Å². The Labute approximate surface area is 74.2 Å². The third-order valence-corrected chi connectivity index (χ3v) is 3.72. The first-order valence-corrected chi connectivity index (χ1v) is 5.28. The Morgan fingerprint density at radius 2 is 2.27 bits per heavy atom. The molecule has 1 saturated carbocycles. The summed E-state index contributed by atoms with van der Waals surface area (Å²) in [5.41, 5.74) is 1.14. The van der Waals surface area contributed by atoms with Crippen molar-refractivity contribution < 1.29 is 0 Å². The number of aromatic nitrogens is 1. The highest BCUT2D eigenvalue weighted by Crippen LogP contribution is 2.41. The Balaban J connectivity index is 2.45. The average Bonchev–Trinajstić information content (AvgIpc) is 2.77. The largest absolute Gasteiger partial charge is 0.259 e. The summed E-state index contributed by atoms with van der Waals surface area (Å²) in [5, 5.41) is 2.21. The molecular weight excluding hydrogens is 174 g/mol. The van der Waals surface area contributed by atoms with E-state index in [-0.39, 0.29) is 0 Å². The lowest BCUT2D eigenvalue weighted by Crippen LogP contribution is -2.07. The molecule has 1 aliphatic rings. The van der Waals surface area contributed by atoms with Crippen molar-refractivity contribution >= 4 is 27.0 Å². The fourth-order valence-corrected chi connectivity index (χ4v) is 1.87. The molecule has 58 valence electrons. The molecule has 0 radical (unpaired) electrons. The minimum Gasteiger partial charge on any atom is -0.259 e. The predicted molar refractivity (Wildman–Crippen MR) is 50.8 cm³/mol. The third-order valence-electron chi connectivity index (χ3n) is 2.07. The summed E-state index contributed by atoms with van der Waals surface area (Å²) in [5.74, 6) is 0.677. The smallest absolute Gasteiger partial charge is 0.0618 e. The topological polar surface area (TPSA) is 12.9 Å². The number of pyridine rings is 1. The van der Waals surface area contributed by atoms with Crippen LogP contribution >= 0.6 is 11.6 Å². The van der Waals surface area contributed by atoms with Gasteiger partial charge in [0.15, 0.2) is 0 Å². The zero-order valence-electron chi connectivity index (χ0n) is 6.47. The highest BCUT2D eigenvalue weighted by atomic mass is 35.5. The van der Waals surface area contributed by atoms with E-state index in [9.17, 15) is 0 Å². The molecule has 0 N–H and O–H groups in total. The molecule has 1 fully saturated rings. The molecule has 11 heavy (non-hydrogen) atoms. The summed E-state index contributed by atoms with van der Waals surface area (Å²) < 4.78 is 0. The number of hydrogen-bond donors (Lipinski definition) is 0. The Bertz CT molecular complexity index is 283. The molecule has 0 amide bonds. The first kappa shape index (κ1) is 7.31. The monoisotopic (exact) mass is 183 g/mol. The van der Waals surface area contributed by atoms with Gasteiger partial charge in [-0.05, 0) is 24.1 Å².